The van der Waals surface area contributed by atoms with Gasteiger partial charge in [-0.3, -0.25) is 9.97 Å². The van der Waals surface area contributed by atoms with Crippen molar-refractivity contribution in [2.45, 2.75) is 0 Å². The van der Waals surface area contributed by atoms with Gasteiger partial charge in [0.25, 0.3) is 0 Å². The van der Waals surface area contributed by atoms with Gasteiger partial charge in [0.2, 0.25) is 0 Å². The van der Waals surface area contributed by atoms with Crippen LogP contribution in [0.4, 0.5) is 0 Å². The van der Waals surface area contributed by atoms with E-state index < -0.39 is 0 Å². The van der Waals surface area contributed by atoms with Gasteiger partial charge in [0.1, 0.15) is 0 Å². The molecule has 10 rings (SSSR count). The summed E-state index contributed by atoms with van der Waals surface area (Å²) >= 11 is 0. The van der Waals surface area contributed by atoms with Crippen molar-refractivity contribution in [1.82, 2.24) is 23.7 Å². The summed E-state index contributed by atoms with van der Waals surface area (Å²) in [5.74, 6) is 0. The number of pyridine rings is 2. The van der Waals surface area contributed by atoms with E-state index in [4.69, 9.17) is 0 Å². The molecule has 5 heteroatoms. The number of para-hydroxylation sites is 3. The molecular formula is C40H25N5. The van der Waals surface area contributed by atoms with Gasteiger partial charge in [-0.1, -0.05) is 54.6 Å². The molecule has 0 fully saturated rings. The fourth-order valence-electron chi connectivity index (χ4n) is 7.32. The number of hydrogen-bond acceptors (Lipinski definition) is 2. The Balaban J connectivity index is 1.31. The van der Waals surface area contributed by atoms with E-state index in [1.807, 2.05) is 24.8 Å². The summed E-state index contributed by atoms with van der Waals surface area (Å²) < 4.78 is 7.10. The van der Waals surface area contributed by atoms with Crippen LogP contribution >= 0.6 is 0 Å². The third-order valence-corrected chi connectivity index (χ3v) is 9.21. The van der Waals surface area contributed by atoms with E-state index in [0.717, 1.165) is 38.9 Å². The smallest absolute Gasteiger partial charge is 0.0571 e. The highest BCUT2D eigenvalue weighted by atomic mass is 15.0. The summed E-state index contributed by atoms with van der Waals surface area (Å²) in [6.07, 6.45) is 7.71. The van der Waals surface area contributed by atoms with Crippen LogP contribution in [0.5, 0.6) is 0 Å². The lowest BCUT2D eigenvalue weighted by Gasteiger charge is -2.10. The van der Waals surface area contributed by atoms with Crippen molar-refractivity contribution in [3.63, 3.8) is 0 Å². The van der Waals surface area contributed by atoms with Crippen LogP contribution in [0.25, 0.3) is 82.5 Å². The number of aromatic nitrogens is 5. The first-order chi connectivity index (χ1) is 22.3. The van der Waals surface area contributed by atoms with E-state index in [0.29, 0.717) is 0 Å². The average Bonchev–Trinajstić information content (AvgIpc) is 3.74. The van der Waals surface area contributed by atoms with Crippen molar-refractivity contribution >= 4 is 65.4 Å². The highest BCUT2D eigenvalue weighted by Gasteiger charge is 2.18. The van der Waals surface area contributed by atoms with E-state index in [9.17, 15) is 0 Å². The Kier molecular flexibility index (Phi) is 4.93. The first-order valence-electron chi connectivity index (χ1n) is 15.2. The minimum absolute atomic E-state index is 1.13. The van der Waals surface area contributed by atoms with E-state index in [2.05, 4.69) is 151 Å². The number of rotatable bonds is 3. The Morgan fingerprint density at radius 3 is 1.27 bits per heavy atom. The van der Waals surface area contributed by atoms with Crippen molar-refractivity contribution in [3.05, 3.63) is 152 Å². The first-order valence-corrected chi connectivity index (χ1v) is 15.2. The van der Waals surface area contributed by atoms with Crippen LogP contribution < -0.4 is 0 Å². The van der Waals surface area contributed by atoms with E-state index in [1.165, 1.54) is 43.6 Å². The molecule has 5 aromatic heterocycles. The summed E-state index contributed by atoms with van der Waals surface area (Å²) in [6.45, 7) is 0. The molecule has 45 heavy (non-hydrogen) atoms. The van der Waals surface area contributed by atoms with Gasteiger partial charge >= 0.3 is 0 Å². The topological polar surface area (TPSA) is 40.6 Å². The Hall–Kier alpha value is -6.20. The second kappa shape index (κ2) is 9.15. The lowest BCUT2D eigenvalue weighted by Crippen LogP contribution is -1.96. The second-order valence-corrected chi connectivity index (χ2v) is 11.6. The Labute approximate surface area is 257 Å². The summed E-state index contributed by atoms with van der Waals surface area (Å²) in [5.41, 5.74) is 10.4. The van der Waals surface area contributed by atoms with Gasteiger partial charge in [-0.15, -0.1) is 0 Å². The Morgan fingerprint density at radius 2 is 0.733 bits per heavy atom. The molecule has 0 radical (unpaired) electrons. The van der Waals surface area contributed by atoms with Crippen LogP contribution in [0, 0.1) is 0 Å². The molecule has 5 heterocycles. The highest BCUT2D eigenvalue weighted by molar-refractivity contribution is 6.13. The highest BCUT2D eigenvalue weighted by Crippen LogP contribution is 2.39. The van der Waals surface area contributed by atoms with Gasteiger partial charge in [-0.05, 0) is 72.8 Å². The fourth-order valence-corrected chi connectivity index (χ4v) is 7.32. The third kappa shape index (κ3) is 3.38. The van der Waals surface area contributed by atoms with E-state index in [-0.39, 0.29) is 0 Å². The standard InChI is InChI=1S/C40H25N5/c1-2-8-26(9-3-1)43-37-16-14-27(44-35-12-6-4-10-29(35)33-24-41-20-18-39(33)44)22-31(37)32-23-28(15-17-38(32)43)45-36-13-7-5-11-30(36)34-25-42-21-19-40(34)45/h1-25H. The van der Waals surface area contributed by atoms with Crippen LogP contribution in [-0.4, -0.2) is 23.7 Å². The zero-order chi connectivity index (χ0) is 29.5. The van der Waals surface area contributed by atoms with Gasteiger partial charge in [-0.2, -0.15) is 0 Å². The monoisotopic (exact) mass is 575 g/mol. The Morgan fingerprint density at radius 1 is 0.311 bits per heavy atom. The lowest BCUT2D eigenvalue weighted by atomic mass is 10.1. The maximum atomic E-state index is 4.45. The van der Waals surface area contributed by atoms with Crippen molar-refractivity contribution in [2.24, 2.45) is 0 Å². The molecular weight excluding hydrogens is 550 g/mol. The molecule has 0 saturated heterocycles. The molecule has 0 aliphatic heterocycles. The molecule has 210 valence electrons. The Bertz CT molecular complexity index is 2490. The second-order valence-electron chi connectivity index (χ2n) is 11.6. The predicted octanol–water partition coefficient (Wildman–Crippen LogP) is 9.77. The zero-order valence-corrected chi connectivity index (χ0v) is 24.2. The molecule has 0 aliphatic carbocycles. The molecule has 0 aliphatic rings. The molecule has 10 aromatic rings. The molecule has 0 atom stereocenters. The first kappa shape index (κ1) is 24.3. The van der Waals surface area contributed by atoms with Gasteiger partial charge in [0, 0.05) is 74.2 Å². The minimum atomic E-state index is 1.13. The van der Waals surface area contributed by atoms with Crippen molar-refractivity contribution < 1.29 is 0 Å². The molecule has 0 saturated carbocycles. The van der Waals surface area contributed by atoms with Crippen molar-refractivity contribution in [3.8, 4) is 17.1 Å². The van der Waals surface area contributed by atoms with Crippen LogP contribution in [0.15, 0.2) is 152 Å². The van der Waals surface area contributed by atoms with Crippen LogP contribution in [0.1, 0.15) is 0 Å². The average molecular weight is 576 g/mol. The summed E-state index contributed by atoms with van der Waals surface area (Å²) in [4.78, 5) is 8.90. The van der Waals surface area contributed by atoms with Gasteiger partial charge < -0.3 is 13.7 Å². The predicted molar refractivity (Wildman–Crippen MR) is 185 cm³/mol. The molecule has 5 aromatic carbocycles. The van der Waals surface area contributed by atoms with Crippen LogP contribution in [0.2, 0.25) is 0 Å². The molecule has 0 amide bonds. The third-order valence-electron chi connectivity index (χ3n) is 9.21. The molecule has 0 spiro atoms. The SMILES string of the molecule is c1ccc(-n2c3ccc(-n4c5ccccc5c5cnccc54)cc3c3cc(-n4c5ccccc5c5cnccc54)ccc32)cc1. The quantitative estimate of drug-likeness (QED) is 0.210. The number of nitrogens with zero attached hydrogens (tertiary/aromatic N) is 5. The molecule has 0 bridgehead atoms. The van der Waals surface area contributed by atoms with Crippen LogP contribution in [0.3, 0.4) is 0 Å². The largest absolute Gasteiger partial charge is 0.309 e. The number of benzene rings is 5. The summed E-state index contributed by atoms with van der Waals surface area (Å²) in [7, 11) is 0. The maximum Gasteiger partial charge on any atom is 0.0571 e. The molecule has 5 nitrogen and oxygen atoms in total. The van der Waals surface area contributed by atoms with Crippen LogP contribution in [-0.2, 0) is 0 Å². The summed E-state index contributed by atoms with van der Waals surface area (Å²) in [5, 5.41) is 7.13. The number of fused-ring (bicyclic) bond motifs is 9. The minimum Gasteiger partial charge on any atom is -0.309 e. The lowest BCUT2D eigenvalue weighted by molar-refractivity contribution is 1.16. The van der Waals surface area contributed by atoms with Gasteiger partial charge in [0.05, 0.1) is 33.1 Å². The zero-order valence-electron chi connectivity index (χ0n) is 24.2. The number of hydrogen-bond donors (Lipinski definition) is 0. The normalized spacial score (nSPS) is 12.0. The summed E-state index contributed by atoms with van der Waals surface area (Å²) in [6, 6.07) is 45.8. The van der Waals surface area contributed by atoms with E-state index >= 15 is 0 Å². The fraction of sp³-hybridized carbons (Fsp3) is 0. The van der Waals surface area contributed by atoms with Gasteiger partial charge in [0.15, 0.2) is 0 Å². The maximum absolute atomic E-state index is 4.45. The van der Waals surface area contributed by atoms with E-state index in [1.54, 1.807) is 0 Å². The van der Waals surface area contributed by atoms with Crippen molar-refractivity contribution in [2.75, 3.05) is 0 Å². The van der Waals surface area contributed by atoms with Gasteiger partial charge in [-0.25, -0.2) is 0 Å². The molecule has 0 unspecified atom stereocenters. The molecule has 0 N–H and O–H groups in total. The van der Waals surface area contributed by atoms with Crippen molar-refractivity contribution in [1.29, 1.82) is 0 Å².